The van der Waals surface area contributed by atoms with Gasteiger partial charge >= 0.3 is 5.97 Å². The molecule has 0 spiro atoms. The molecule has 0 fully saturated rings. The first-order valence-electron chi connectivity index (χ1n) is 9.96. The van der Waals surface area contributed by atoms with Gasteiger partial charge in [-0.05, 0) is 37.0 Å². The molecule has 31 heavy (non-hydrogen) atoms. The van der Waals surface area contributed by atoms with E-state index in [-0.39, 0.29) is 5.41 Å². The van der Waals surface area contributed by atoms with Crippen molar-refractivity contribution in [2.45, 2.75) is 32.6 Å². The Morgan fingerprint density at radius 3 is 2.84 bits per heavy atom. The number of halogens is 1. The van der Waals surface area contributed by atoms with Crippen LogP contribution in [0, 0.1) is 0 Å². The Morgan fingerprint density at radius 2 is 2.13 bits per heavy atom. The third-order valence-corrected chi connectivity index (χ3v) is 5.88. The van der Waals surface area contributed by atoms with Gasteiger partial charge in [0.2, 0.25) is 5.95 Å². The summed E-state index contributed by atoms with van der Waals surface area (Å²) >= 11 is 3.45. The third-order valence-electron chi connectivity index (χ3n) is 5.39. The van der Waals surface area contributed by atoms with Crippen molar-refractivity contribution >= 4 is 33.5 Å². The number of esters is 1. The first kappa shape index (κ1) is 21.3. The summed E-state index contributed by atoms with van der Waals surface area (Å²) in [5.74, 6) is 0.689. The first-order chi connectivity index (χ1) is 14.7. The van der Waals surface area contributed by atoms with Crippen LogP contribution in [-0.4, -0.2) is 39.4 Å². The van der Waals surface area contributed by atoms with E-state index in [4.69, 9.17) is 14.5 Å². The number of rotatable bonds is 5. The molecule has 0 saturated heterocycles. The van der Waals surface area contributed by atoms with Crippen molar-refractivity contribution < 1.29 is 14.3 Å². The first-order valence-corrected chi connectivity index (χ1v) is 10.8. The lowest BCUT2D eigenvalue weighted by Crippen LogP contribution is -2.28. The van der Waals surface area contributed by atoms with E-state index in [2.05, 4.69) is 45.2 Å². The lowest BCUT2D eigenvalue weighted by molar-refractivity contribution is 0.0517. The smallest absolute Gasteiger partial charge is 0.359 e. The second-order valence-electron chi connectivity index (χ2n) is 8.01. The van der Waals surface area contributed by atoms with Crippen LogP contribution in [0.1, 0.15) is 42.4 Å². The van der Waals surface area contributed by atoms with Crippen molar-refractivity contribution in [1.82, 2.24) is 19.7 Å². The number of benzene rings is 1. The van der Waals surface area contributed by atoms with E-state index < -0.39 is 5.97 Å². The Bertz CT molecular complexity index is 1170. The maximum Gasteiger partial charge on any atom is 0.359 e. The van der Waals surface area contributed by atoms with Crippen LogP contribution in [-0.2, 0) is 23.6 Å². The van der Waals surface area contributed by atoms with Gasteiger partial charge in [0.15, 0.2) is 5.69 Å². The molecule has 8 nitrogen and oxygen atoms in total. The number of carbonyl (C=O) groups is 1. The second kappa shape index (κ2) is 7.96. The molecule has 0 aliphatic heterocycles. The number of hydrogen-bond acceptors (Lipinski definition) is 7. The molecule has 0 saturated carbocycles. The fourth-order valence-electron chi connectivity index (χ4n) is 3.94. The third kappa shape index (κ3) is 3.78. The van der Waals surface area contributed by atoms with E-state index in [1.165, 1.54) is 0 Å². The number of aryl methyl sites for hydroxylation is 1. The monoisotopic (exact) mass is 485 g/mol. The largest absolute Gasteiger partial charge is 0.495 e. The molecule has 0 radical (unpaired) electrons. The van der Waals surface area contributed by atoms with Crippen LogP contribution in [0.3, 0.4) is 0 Å². The molecule has 162 valence electrons. The minimum Gasteiger partial charge on any atom is -0.495 e. The van der Waals surface area contributed by atoms with Gasteiger partial charge in [0.25, 0.3) is 0 Å². The molecule has 3 aromatic rings. The molecule has 0 amide bonds. The molecule has 2 aromatic heterocycles. The Balaban J connectivity index is 1.81. The van der Waals surface area contributed by atoms with Gasteiger partial charge in [0.05, 0.1) is 30.8 Å². The maximum absolute atomic E-state index is 12.5. The Morgan fingerprint density at radius 1 is 1.35 bits per heavy atom. The number of methoxy groups -OCH3 is 1. The lowest BCUT2D eigenvalue weighted by atomic mass is 9.73. The van der Waals surface area contributed by atoms with Crippen molar-refractivity contribution in [1.29, 1.82) is 0 Å². The van der Waals surface area contributed by atoms with Gasteiger partial charge in [-0.3, -0.25) is 4.68 Å². The van der Waals surface area contributed by atoms with Gasteiger partial charge in [-0.15, -0.1) is 0 Å². The number of nitrogens with zero attached hydrogens (tertiary/aromatic N) is 4. The predicted octanol–water partition coefficient (Wildman–Crippen LogP) is 4.40. The van der Waals surface area contributed by atoms with E-state index in [0.717, 1.165) is 32.7 Å². The molecule has 1 N–H and O–H groups in total. The number of nitrogens with one attached hydrogen (secondary N) is 1. The highest BCUT2D eigenvalue weighted by Gasteiger charge is 2.38. The average molecular weight is 486 g/mol. The normalized spacial score (nSPS) is 13.9. The van der Waals surface area contributed by atoms with Gasteiger partial charge < -0.3 is 14.8 Å². The van der Waals surface area contributed by atoms with E-state index in [1.807, 2.05) is 31.4 Å². The molecule has 1 aliphatic rings. The fourth-order valence-corrected chi connectivity index (χ4v) is 4.28. The van der Waals surface area contributed by atoms with Gasteiger partial charge in [0.1, 0.15) is 5.75 Å². The van der Waals surface area contributed by atoms with Crippen molar-refractivity contribution in [2.75, 3.05) is 19.0 Å². The molecule has 0 bridgehead atoms. The second-order valence-corrected chi connectivity index (χ2v) is 8.92. The molecule has 4 rings (SSSR count). The van der Waals surface area contributed by atoms with Crippen molar-refractivity contribution in [2.24, 2.45) is 7.05 Å². The van der Waals surface area contributed by atoms with Crippen LogP contribution < -0.4 is 10.1 Å². The average Bonchev–Trinajstić information content (AvgIpc) is 3.05. The lowest BCUT2D eigenvalue weighted by Gasteiger charge is -2.31. The fraction of sp³-hybridized carbons (Fsp3) is 0.364. The number of anilines is 2. The standard InChI is InChI=1S/C22H24BrN5O3/c1-6-31-20(29)17-13-10-22(2,3)14-11-24-21(26-18(14)19(13)28(4)27-17)25-15-8-7-12(23)9-16(15)30-5/h7-9,11H,6,10H2,1-5H3,(H,24,25,26). The van der Waals surface area contributed by atoms with Gasteiger partial charge in [-0.1, -0.05) is 29.8 Å². The van der Waals surface area contributed by atoms with Crippen LogP contribution in [0.2, 0.25) is 0 Å². The number of aromatic nitrogens is 4. The summed E-state index contributed by atoms with van der Waals surface area (Å²) in [6, 6.07) is 5.68. The van der Waals surface area contributed by atoms with E-state index in [9.17, 15) is 4.79 Å². The zero-order valence-corrected chi connectivity index (χ0v) is 19.7. The Kier molecular flexibility index (Phi) is 5.47. The summed E-state index contributed by atoms with van der Waals surface area (Å²) < 4.78 is 13.3. The molecule has 2 heterocycles. The molecular formula is C22H24BrN5O3. The molecule has 9 heteroatoms. The van der Waals surface area contributed by atoms with Crippen molar-refractivity contribution in [3.63, 3.8) is 0 Å². The van der Waals surface area contributed by atoms with Gasteiger partial charge in [-0.25, -0.2) is 14.8 Å². The van der Waals surface area contributed by atoms with E-state index >= 15 is 0 Å². The zero-order valence-electron chi connectivity index (χ0n) is 18.1. The van der Waals surface area contributed by atoms with Crippen LogP contribution >= 0.6 is 15.9 Å². The topological polar surface area (TPSA) is 91.2 Å². The Labute approximate surface area is 189 Å². The van der Waals surface area contributed by atoms with E-state index in [0.29, 0.717) is 30.4 Å². The number of hydrogen-bond donors (Lipinski definition) is 1. The van der Waals surface area contributed by atoms with E-state index in [1.54, 1.807) is 18.7 Å². The van der Waals surface area contributed by atoms with Crippen molar-refractivity contribution in [3.05, 3.63) is 45.7 Å². The summed E-state index contributed by atoms with van der Waals surface area (Å²) in [6.45, 7) is 6.32. The summed E-state index contributed by atoms with van der Waals surface area (Å²) in [4.78, 5) is 21.9. The molecule has 0 atom stereocenters. The van der Waals surface area contributed by atoms with Crippen LogP contribution in [0.15, 0.2) is 28.9 Å². The highest BCUT2D eigenvalue weighted by molar-refractivity contribution is 9.10. The number of carbonyl (C=O) groups excluding carboxylic acids is 1. The zero-order chi connectivity index (χ0) is 22.3. The summed E-state index contributed by atoms with van der Waals surface area (Å²) in [5, 5.41) is 7.70. The minimum absolute atomic E-state index is 0.263. The van der Waals surface area contributed by atoms with Crippen LogP contribution in [0.25, 0.3) is 11.4 Å². The van der Waals surface area contributed by atoms with Gasteiger partial charge in [-0.2, -0.15) is 5.10 Å². The SMILES string of the molecule is CCOC(=O)c1nn(C)c2c1CC(C)(C)c1cnc(Nc3ccc(Br)cc3OC)nc1-2. The van der Waals surface area contributed by atoms with Crippen molar-refractivity contribution in [3.8, 4) is 17.1 Å². The number of fused-ring (bicyclic) bond motifs is 3. The number of ether oxygens (including phenoxy) is 2. The molecule has 1 aromatic carbocycles. The maximum atomic E-state index is 12.5. The summed E-state index contributed by atoms with van der Waals surface area (Å²) in [6.07, 6.45) is 2.49. The van der Waals surface area contributed by atoms with Crippen LogP contribution in [0.4, 0.5) is 11.6 Å². The Hall–Kier alpha value is -2.94. The molecule has 0 unspecified atom stereocenters. The predicted molar refractivity (Wildman–Crippen MR) is 121 cm³/mol. The summed E-state index contributed by atoms with van der Waals surface area (Å²) in [5.41, 5.74) is 4.26. The molecule has 1 aliphatic carbocycles. The highest BCUT2D eigenvalue weighted by atomic mass is 79.9. The quantitative estimate of drug-likeness (QED) is 0.535. The molecular weight excluding hydrogens is 462 g/mol. The van der Waals surface area contributed by atoms with Gasteiger partial charge in [0, 0.05) is 28.8 Å². The van der Waals surface area contributed by atoms with Crippen LogP contribution in [0.5, 0.6) is 5.75 Å². The summed E-state index contributed by atoms with van der Waals surface area (Å²) in [7, 11) is 3.43. The minimum atomic E-state index is -0.411. The highest BCUT2D eigenvalue weighted by Crippen LogP contribution is 2.43.